The number of ether oxygens (including phenoxy) is 1. The van der Waals surface area contributed by atoms with Crippen LogP contribution < -0.4 is 14.4 Å². The second kappa shape index (κ2) is 11.5. The molecule has 0 spiro atoms. The first-order valence-corrected chi connectivity index (χ1v) is 14.0. The van der Waals surface area contributed by atoms with Gasteiger partial charge in [0.05, 0.1) is 25.0 Å². The Morgan fingerprint density at radius 3 is 2.17 bits per heavy atom. The smallest absolute Gasteiger partial charge is 0.251 e. The van der Waals surface area contributed by atoms with Crippen molar-refractivity contribution in [1.29, 1.82) is 0 Å². The van der Waals surface area contributed by atoms with Crippen molar-refractivity contribution < 1.29 is 17.9 Å². The lowest BCUT2D eigenvalue weighted by Crippen LogP contribution is -2.29. The van der Waals surface area contributed by atoms with Crippen molar-refractivity contribution in [3.8, 4) is 5.75 Å². The number of amides is 1. The van der Waals surface area contributed by atoms with Crippen LogP contribution in [0.5, 0.6) is 5.75 Å². The average Bonchev–Trinajstić information content (AvgIpc) is 2.78. The van der Waals surface area contributed by atoms with Gasteiger partial charge in [-0.2, -0.15) is 0 Å². The molecule has 0 fully saturated rings. The van der Waals surface area contributed by atoms with Gasteiger partial charge in [-0.3, -0.25) is 9.10 Å². The number of nitrogens with zero attached hydrogens (tertiary/aromatic N) is 1. The van der Waals surface area contributed by atoms with Gasteiger partial charge >= 0.3 is 0 Å². The van der Waals surface area contributed by atoms with Gasteiger partial charge in [0.15, 0.2) is 0 Å². The Morgan fingerprint density at radius 2 is 1.58 bits per heavy atom. The minimum atomic E-state index is -3.60. The molecule has 0 bridgehead atoms. The quantitative estimate of drug-likeness (QED) is 0.329. The second-order valence-corrected chi connectivity index (χ2v) is 12.2. The molecule has 6 nitrogen and oxygen atoms in total. The van der Waals surface area contributed by atoms with Crippen LogP contribution in [0.4, 0.5) is 5.69 Å². The zero-order valence-corrected chi connectivity index (χ0v) is 23.0. The molecule has 0 heterocycles. The predicted octanol–water partition coefficient (Wildman–Crippen LogP) is 6.07. The Morgan fingerprint density at radius 1 is 0.972 bits per heavy atom. The zero-order valence-electron chi connectivity index (χ0n) is 20.7. The predicted molar refractivity (Wildman–Crippen MR) is 147 cm³/mol. The Balaban J connectivity index is 1.60. The molecule has 0 saturated carbocycles. The van der Waals surface area contributed by atoms with Crippen LogP contribution in [0, 0.1) is 0 Å². The van der Waals surface area contributed by atoms with Crippen molar-refractivity contribution in [2.45, 2.75) is 32.7 Å². The third-order valence-electron chi connectivity index (χ3n) is 5.42. The Hall–Kier alpha value is -2.74. The number of hydrogen-bond acceptors (Lipinski definition) is 4. The van der Waals surface area contributed by atoms with Crippen molar-refractivity contribution in [2.24, 2.45) is 0 Å². The highest BCUT2D eigenvalue weighted by Gasteiger charge is 2.20. The Bertz CT molecular complexity index is 1300. The molecule has 0 aliphatic heterocycles. The molecular weight excluding hydrogens is 519 g/mol. The van der Waals surface area contributed by atoms with Gasteiger partial charge < -0.3 is 10.1 Å². The van der Waals surface area contributed by atoms with Crippen molar-refractivity contribution in [3.63, 3.8) is 0 Å². The summed E-state index contributed by atoms with van der Waals surface area (Å²) in [7, 11) is -3.60. The summed E-state index contributed by atoms with van der Waals surface area (Å²) >= 11 is 12.1. The third kappa shape index (κ3) is 7.63. The number of carbonyl (C=O) groups excluding carboxylic acids is 1. The van der Waals surface area contributed by atoms with Gasteiger partial charge in [0, 0.05) is 15.6 Å². The van der Waals surface area contributed by atoms with E-state index in [4.69, 9.17) is 27.9 Å². The molecule has 3 rings (SSSR count). The molecule has 9 heteroatoms. The molecule has 3 aromatic carbocycles. The van der Waals surface area contributed by atoms with Crippen LogP contribution in [-0.4, -0.2) is 33.7 Å². The normalized spacial score (nSPS) is 11.7. The number of benzene rings is 3. The van der Waals surface area contributed by atoms with Crippen LogP contribution in [-0.2, 0) is 22.0 Å². The van der Waals surface area contributed by atoms with Gasteiger partial charge in [-0.15, -0.1) is 0 Å². The summed E-state index contributed by atoms with van der Waals surface area (Å²) in [6.07, 6.45) is 1.12. The maximum Gasteiger partial charge on any atom is 0.251 e. The lowest BCUT2D eigenvalue weighted by molar-refractivity contribution is 0.0946. The molecule has 1 amide bonds. The van der Waals surface area contributed by atoms with E-state index in [0.717, 1.165) is 17.6 Å². The van der Waals surface area contributed by atoms with E-state index in [2.05, 4.69) is 26.1 Å². The van der Waals surface area contributed by atoms with E-state index in [1.807, 2.05) is 24.3 Å². The number of anilines is 1. The van der Waals surface area contributed by atoms with Crippen molar-refractivity contribution in [3.05, 3.63) is 93.5 Å². The van der Waals surface area contributed by atoms with E-state index in [-0.39, 0.29) is 17.9 Å². The summed E-state index contributed by atoms with van der Waals surface area (Å²) in [6.45, 7) is 7.12. The third-order valence-corrected chi connectivity index (χ3v) is 7.00. The zero-order chi connectivity index (χ0) is 26.5. The summed E-state index contributed by atoms with van der Waals surface area (Å²) in [5, 5.41) is 3.52. The molecular formula is C27H30Cl2N2O4S. The molecule has 36 heavy (non-hydrogen) atoms. The lowest BCUT2D eigenvalue weighted by atomic mass is 9.86. The van der Waals surface area contributed by atoms with Crippen molar-refractivity contribution in [2.75, 3.05) is 23.7 Å². The standard InChI is InChI=1S/C27H30Cl2N2O4S/c1-27(2,3)24-7-5-6-8-25(24)35-14-13-30-26(32)20-11-9-19(10-12-20)18-31(36(4,33)34)23-16-21(28)15-22(29)17-23/h5-12,15-17H,13-14,18H2,1-4H3,(H,30,32). The fraction of sp³-hybridized carbons (Fsp3) is 0.296. The molecule has 0 unspecified atom stereocenters. The number of hydrogen-bond donors (Lipinski definition) is 1. The number of nitrogens with one attached hydrogen (secondary N) is 1. The summed E-state index contributed by atoms with van der Waals surface area (Å²) in [4.78, 5) is 12.6. The molecule has 192 valence electrons. The Labute approximate surface area is 223 Å². The number of sulfonamides is 1. The van der Waals surface area contributed by atoms with Crippen LogP contribution in [0.15, 0.2) is 66.7 Å². The van der Waals surface area contributed by atoms with Gasteiger partial charge in [0.1, 0.15) is 12.4 Å². The summed E-state index contributed by atoms with van der Waals surface area (Å²) in [5.41, 5.74) is 2.59. The highest BCUT2D eigenvalue weighted by atomic mass is 35.5. The van der Waals surface area contributed by atoms with E-state index in [1.165, 1.54) is 22.5 Å². The summed E-state index contributed by atoms with van der Waals surface area (Å²) in [5.74, 6) is 0.566. The van der Waals surface area contributed by atoms with E-state index < -0.39 is 10.0 Å². The first-order valence-electron chi connectivity index (χ1n) is 11.4. The fourth-order valence-electron chi connectivity index (χ4n) is 3.65. The van der Waals surface area contributed by atoms with Gasteiger partial charge in [0.2, 0.25) is 10.0 Å². The summed E-state index contributed by atoms with van der Waals surface area (Å²) in [6, 6.07) is 19.3. The maximum absolute atomic E-state index is 12.6. The van der Waals surface area contributed by atoms with E-state index >= 15 is 0 Å². The van der Waals surface area contributed by atoms with Gasteiger partial charge in [-0.1, -0.05) is 74.3 Å². The van der Waals surface area contributed by atoms with Crippen LogP contribution in [0.2, 0.25) is 10.0 Å². The molecule has 0 aliphatic carbocycles. The lowest BCUT2D eigenvalue weighted by Gasteiger charge is -2.23. The number of para-hydroxylation sites is 1. The maximum atomic E-state index is 12.6. The van der Waals surface area contributed by atoms with Crippen molar-refractivity contribution in [1.82, 2.24) is 5.32 Å². The number of rotatable bonds is 9. The largest absolute Gasteiger partial charge is 0.491 e. The number of halogens is 2. The average molecular weight is 550 g/mol. The topological polar surface area (TPSA) is 75.7 Å². The molecule has 0 atom stereocenters. The molecule has 0 aliphatic rings. The van der Waals surface area contributed by atoms with E-state index in [0.29, 0.717) is 40.0 Å². The number of carbonyl (C=O) groups is 1. The highest BCUT2D eigenvalue weighted by Crippen LogP contribution is 2.31. The first kappa shape index (κ1) is 27.8. The van der Waals surface area contributed by atoms with Crippen LogP contribution in [0.1, 0.15) is 42.3 Å². The van der Waals surface area contributed by atoms with E-state index in [9.17, 15) is 13.2 Å². The molecule has 1 N–H and O–H groups in total. The molecule has 3 aromatic rings. The SMILES string of the molecule is CC(C)(C)c1ccccc1OCCNC(=O)c1ccc(CN(c2cc(Cl)cc(Cl)c2)S(C)(=O)=O)cc1. The van der Waals surface area contributed by atoms with Crippen molar-refractivity contribution >= 4 is 44.8 Å². The monoisotopic (exact) mass is 548 g/mol. The van der Waals surface area contributed by atoms with Crippen LogP contribution in [0.3, 0.4) is 0 Å². The minimum Gasteiger partial charge on any atom is -0.491 e. The molecule has 0 radical (unpaired) electrons. The molecule has 0 aromatic heterocycles. The van der Waals surface area contributed by atoms with Gasteiger partial charge in [-0.05, 0) is 52.9 Å². The highest BCUT2D eigenvalue weighted by molar-refractivity contribution is 7.92. The Kier molecular flexibility index (Phi) is 8.93. The van der Waals surface area contributed by atoms with Gasteiger partial charge in [0.25, 0.3) is 5.91 Å². The minimum absolute atomic E-state index is 0.0483. The fourth-order valence-corrected chi connectivity index (χ4v) is 5.04. The second-order valence-electron chi connectivity index (χ2n) is 9.44. The van der Waals surface area contributed by atoms with Crippen LogP contribution >= 0.6 is 23.2 Å². The van der Waals surface area contributed by atoms with E-state index in [1.54, 1.807) is 24.3 Å². The molecule has 0 saturated heterocycles. The van der Waals surface area contributed by atoms with Crippen LogP contribution in [0.25, 0.3) is 0 Å². The van der Waals surface area contributed by atoms with Gasteiger partial charge in [-0.25, -0.2) is 8.42 Å². The summed E-state index contributed by atoms with van der Waals surface area (Å²) < 4.78 is 32.0. The first-order chi connectivity index (χ1) is 16.8.